The van der Waals surface area contributed by atoms with Crippen LogP contribution in [0.2, 0.25) is 0 Å². The van der Waals surface area contributed by atoms with Gasteiger partial charge in [0.2, 0.25) is 10.0 Å². The van der Waals surface area contributed by atoms with E-state index in [1.165, 1.54) is 10.9 Å². The van der Waals surface area contributed by atoms with Crippen molar-refractivity contribution in [3.63, 3.8) is 0 Å². The van der Waals surface area contributed by atoms with Crippen molar-refractivity contribution in [2.45, 2.75) is 10.8 Å². The van der Waals surface area contributed by atoms with E-state index in [1.54, 1.807) is 30.3 Å². The number of sulfonamides is 1. The van der Waals surface area contributed by atoms with E-state index in [0.717, 1.165) is 6.20 Å². The molecule has 10 heteroatoms. The normalized spacial score (nSPS) is 12.0. The van der Waals surface area contributed by atoms with Crippen LogP contribution in [-0.4, -0.2) is 37.2 Å². The van der Waals surface area contributed by atoms with Crippen LogP contribution >= 0.6 is 12.4 Å². The molecular formula is C12H15ClF2N4O2S. The van der Waals surface area contributed by atoms with Crippen LogP contribution in [0.4, 0.5) is 8.78 Å². The Morgan fingerprint density at radius 1 is 1.27 bits per heavy atom. The Labute approximate surface area is 132 Å². The molecule has 0 aliphatic carbocycles. The second-order valence-corrected chi connectivity index (χ2v) is 6.11. The van der Waals surface area contributed by atoms with Gasteiger partial charge in [0.25, 0.3) is 5.92 Å². The van der Waals surface area contributed by atoms with Gasteiger partial charge in [-0.25, -0.2) is 26.6 Å². The van der Waals surface area contributed by atoms with Crippen LogP contribution in [0.1, 0.15) is 0 Å². The highest BCUT2D eigenvalue weighted by Crippen LogP contribution is 2.14. The van der Waals surface area contributed by atoms with Crippen molar-refractivity contribution in [2.75, 3.05) is 13.1 Å². The molecule has 0 amide bonds. The Hall–Kier alpha value is -1.55. The van der Waals surface area contributed by atoms with Crippen molar-refractivity contribution < 1.29 is 17.2 Å². The number of halogens is 3. The van der Waals surface area contributed by atoms with E-state index in [0.29, 0.717) is 5.69 Å². The van der Waals surface area contributed by atoms with Crippen LogP contribution in [0.5, 0.6) is 0 Å². The lowest BCUT2D eigenvalue weighted by atomic mass is 10.3. The smallest absolute Gasteiger partial charge is 0.273 e. The minimum absolute atomic E-state index is 0. The molecule has 0 spiro atoms. The lowest BCUT2D eigenvalue weighted by Gasteiger charge is -2.13. The van der Waals surface area contributed by atoms with Gasteiger partial charge in [-0.1, -0.05) is 18.2 Å². The summed E-state index contributed by atoms with van der Waals surface area (Å²) in [4.78, 5) is -0.195. The highest BCUT2D eigenvalue weighted by molar-refractivity contribution is 7.89. The van der Waals surface area contributed by atoms with E-state index in [-0.39, 0.29) is 17.3 Å². The van der Waals surface area contributed by atoms with Crippen molar-refractivity contribution in [1.82, 2.24) is 14.5 Å². The van der Waals surface area contributed by atoms with E-state index >= 15 is 0 Å². The van der Waals surface area contributed by atoms with Crippen LogP contribution < -0.4 is 10.5 Å². The first-order chi connectivity index (χ1) is 9.84. The van der Waals surface area contributed by atoms with Crippen molar-refractivity contribution in [1.29, 1.82) is 0 Å². The number of nitrogens with zero attached hydrogens (tertiary/aromatic N) is 2. The lowest BCUT2D eigenvalue weighted by molar-refractivity contribution is 0.0170. The van der Waals surface area contributed by atoms with E-state index < -0.39 is 29.0 Å². The maximum Gasteiger partial charge on any atom is 0.273 e. The van der Waals surface area contributed by atoms with Crippen LogP contribution in [0.15, 0.2) is 47.6 Å². The molecule has 0 aliphatic rings. The first kappa shape index (κ1) is 18.5. The molecule has 6 nitrogen and oxygen atoms in total. The molecule has 22 heavy (non-hydrogen) atoms. The van der Waals surface area contributed by atoms with Crippen molar-refractivity contribution in [3.05, 3.63) is 42.7 Å². The summed E-state index contributed by atoms with van der Waals surface area (Å²) < 4.78 is 53.0. The maximum atomic E-state index is 13.0. The zero-order valence-corrected chi connectivity index (χ0v) is 12.9. The monoisotopic (exact) mass is 352 g/mol. The summed E-state index contributed by atoms with van der Waals surface area (Å²) in [5.41, 5.74) is 5.51. The molecule has 0 radical (unpaired) electrons. The maximum absolute atomic E-state index is 13.0. The van der Waals surface area contributed by atoms with Gasteiger partial charge in [-0.05, 0) is 12.1 Å². The van der Waals surface area contributed by atoms with Crippen LogP contribution in [0.25, 0.3) is 5.69 Å². The summed E-state index contributed by atoms with van der Waals surface area (Å²) in [7, 11) is -4.06. The van der Waals surface area contributed by atoms with Crippen LogP contribution in [-0.2, 0) is 10.0 Å². The Morgan fingerprint density at radius 3 is 2.50 bits per heavy atom. The third-order valence-electron chi connectivity index (χ3n) is 2.71. The van der Waals surface area contributed by atoms with Crippen molar-refractivity contribution in [3.8, 4) is 5.69 Å². The van der Waals surface area contributed by atoms with Gasteiger partial charge in [-0.2, -0.15) is 5.10 Å². The fourth-order valence-corrected chi connectivity index (χ4v) is 2.52. The molecule has 1 heterocycles. The minimum Gasteiger partial charge on any atom is -0.325 e. The van der Waals surface area contributed by atoms with Crippen molar-refractivity contribution >= 4 is 22.4 Å². The molecule has 1 aromatic heterocycles. The first-order valence-electron chi connectivity index (χ1n) is 6.02. The van der Waals surface area contributed by atoms with E-state index in [4.69, 9.17) is 5.73 Å². The fourth-order valence-electron chi connectivity index (χ4n) is 1.52. The predicted molar refractivity (Wildman–Crippen MR) is 80.0 cm³/mol. The number of alkyl halides is 2. The molecule has 0 bridgehead atoms. The molecule has 0 unspecified atom stereocenters. The van der Waals surface area contributed by atoms with Gasteiger partial charge >= 0.3 is 0 Å². The van der Waals surface area contributed by atoms with Gasteiger partial charge in [0.15, 0.2) is 0 Å². The average Bonchev–Trinajstić information content (AvgIpc) is 2.97. The summed E-state index contributed by atoms with van der Waals surface area (Å²) in [5.74, 6) is -3.29. The zero-order valence-electron chi connectivity index (χ0n) is 11.3. The highest BCUT2D eigenvalue weighted by atomic mass is 35.5. The quantitative estimate of drug-likeness (QED) is 0.816. The third kappa shape index (κ3) is 4.47. The molecule has 0 saturated carbocycles. The van der Waals surface area contributed by atoms with Crippen LogP contribution in [0.3, 0.4) is 0 Å². The summed E-state index contributed by atoms with van der Waals surface area (Å²) in [6.45, 7) is -1.98. The van der Waals surface area contributed by atoms with Gasteiger partial charge in [0.05, 0.1) is 31.2 Å². The summed E-state index contributed by atoms with van der Waals surface area (Å²) in [5, 5.41) is 3.90. The number of nitrogens with one attached hydrogen (secondary N) is 1. The molecule has 2 aromatic rings. The van der Waals surface area contributed by atoms with Gasteiger partial charge in [-0.15, -0.1) is 12.4 Å². The fraction of sp³-hybridized carbons (Fsp3) is 0.250. The molecule has 0 atom stereocenters. The number of rotatable bonds is 6. The van der Waals surface area contributed by atoms with Crippen LogP contribution in [0, 0.1) is 0 Å². The highest BCUT2D eigenvalue weighted by Gasteiger charge is 2.29. The number of hydrogen-bond donors (Lipinski definition) is 2. The Balaban J connectivity index is 0.00000242. The van der Waals surface area contributed by atoms with Gasteiger partial charge in [0.1, 0.15) is 4.90 Å². The summed E-state index contributed by atoms with van der Waals surface area (Å²) in [6.07, 6.45) is 2.34. The second kappa shape index (κ2) is 7.14. The largest absolute Gasteiger partial charge is 0.325 e. The Morgan fingerprint density at radius 2 is 1.91 bits per heavy atom. The Bertz CT molecular complexity index is 707. The standard InChI is InChI=1S/C12H14F2N4O2S.ClH/c13-12(14,8-15)9-17-21(19,20)11-6-16-18(7-11)10-4-2-1-3-5-10;/h1-7,17H,8-9,15H2;1H. The summed E-state index contributed by atoms with van der Waals surface area (Å²) in [6, 6.07) is 8.82. The molecular weight excluding hydrogens is 338 g/mol. The number of benzene rings is 1. The lowest BCUT2D eigenvalue weighted by Crippen LogP contribution is -2.41. The second-order valence-electron chi connectivity index (χ2n) is 4.34. The van der Waals surface area contributed by atoms with Gasteiger partial charge in [0, 0.05) is 0 Å². The van der Waals surface area contributed by atoms with Crippen molar-refractivity contribution in [2.24, 2.45) is 5.73 Å². The molecule has 2 rings (SSSR count). The molecule has 0 fully saturated rings. The number of para-hydroxylation sites is 1. The average molecular weight is 353 g/mol. The molecule has 0 aliphatic heterocycles. The first-order valence-corrected chi connectivity index (χ1v) is 7.50. The number of nitrogens with two attached hydrogens (primary N) is 1. The number of aromatic nitrogens is 2. The Kier molecular flexibility index (Phi) is 6.00. The van der Waals surface area contributed by atoms with Gasteiger partial charge in [-0.3, -0.25) is 0 Å². The molecule has 3 N–H and O–H groups in total. The third-order valence-corrected chi connectivity index (χ3v) is 4.07. The predicted octanol–water partition coefficient (Wildman–Crippen LogP) is 1.17. The molecule has 0 saturated heterocycles. The molecule has 122 valence electrons. The topological polar surface area (TPSA) is 90.0 Å². The number of hydrogen-bond acceptors (Lipinski definition) is 4. The van der Waals surface area contributed by atoms with E-state index in [1.807, 2.05) is 4.72 Å². The summed E-state index contributed by atoms with van der Waals surface area (Å²) >= 11 is 0. The van der Waals surface area contributed by atoms with Gasteiger partial charge < -0.3 is 5.73 Å². The SMILES string of the molecule is Cl.NCC(F)(F)CNS(=O)(=O)c1cnn(-c2ccccc2)c1. The minimum atomic E-state index is -4.06. The zero-order chi connectivity index (χ0) is 15.5. The van der Waals surface area contributed by atoms with E-state index in [2.05, 4.69) is 5.10 Å². The molecule has 1 aromatic carbocycles. The van der Waals surface area contributed by atoms with E-state index in [9.17, 15) is 17.2 Å².